The summed E-state index contributed by atoms with van der Waals surface area (Å²) < 4.78 is 0.908. The van der Waals surface area contributed by atoms with Gasteiger partial charge in [0, 0.05) is 43.7 Å². The number of carbonyl (C=O) groups is 1. The standard InChI is InChI=1S/C23H27BrN4O/c1-3-26(4-2)23(29)22(18-8-6-5-7-9-18)28-14-12-27(13-15-28)21-11-10-20(24)16-19(21)17-25/h5-11,16,22H,3-4,12-15H2,1-2H3. The van der Waals surface area contributed by atoms with Gasteiger partial charge in [-0.3, -0.25) is 9.69 Å². The van der Waals surface area contributed by atoms with E-state index in [-0.39, 0.29) is 11.9 Å². The second kappa shape index (κ2) is 9.91. The first kappa shape index (κ1) is 21.4. The Bertz CT molecular complexity index is 868. The molecule has 1 aliphatic heterocycles. The molecule has 0 spiro atoms. The maximum absolute atomic E-state index is 13.3. The Labute approximate surface area is 181 Å². The van der Waals surface area contributed by atoms with Crippen molar-refractivity contribution in [2.45, 2.75) is 19.9 Å². The Morgan fingerprint density at radius 1 is 1.10 bits per heavy atom. The van der Waals surface area contributed by atoms with Gasteiger partial charge in [-0.15, -0.1) is 0 Å². The molecule has 1 heterocycles. The number of nitrogens with zero attached hydrogens (tertiary/aromatic N) is 4. The molecular formula is C23H27BrN4O. The van der Waals surface area contributed by atoms with Crippen LogP contribution < -0.4 is 4.90 Å². The van der Waals surface area contributed by atoms with Crippen LogP contribution in [0.15, 0.2) is 53.0 Å². The van der Waals surface area contributed by atoms with Crippen LogP contribution in [0.25, 0.3) is 0 Å². The summed E-state index contributed by atoms with van der Waals surface area (Å²) in [5, 5.41) is 9.49. The van der Waals surface area contributed by atoms with Gasteiger partial charge < -0.3 is 9.80 Å². The van der Waals surface area contributed by atoms with Crippen molar-refractivity contribution in [1.29, 1.82) is 5.26 Å². The normalized spacial score (nSPS) is 15.6. The molecule has 1 aliphatic rings. The summed E-state index contributed by atoms with van der Waals surface area (Å²) in [6, 6.07) is 17.9. The lowest BCUT2D eigenvalue weighted by Crippen LogP contribution is -2.51. The fourth-order valence-corrected chi connectivity index (χ4v) is 4.31. The van der Waals surface area contributed by atoms with E-state index in [4.69, 9.17) is 0 Å². The van der Waals surface area contributed by atoms with Crippen LogP contribution in [0.3, 0.4) is 0 Å². The number of amides is 1. The molecule has 152 valence electrons. The van der Waals surface area contributed by atoms with E-state index in [0.717, 1.165) is 41.9 Å². The number of carbonyl (C=O) groups excluding carboxylic acids is 1. The minimum absolute atomic E-state index is 0.163. The zero-order valence-corrected chi connectivity index (χ0v) is 18.6. The Kier molecular flexibility index (Phi) is 7.29. The summed E-state index contributed by atoms with van der Waals surface area (Å²) >= 11 is 3.44. The number of nitriles is 1. The van der Waals surface area contributed by atoms with Crippen LogP contribution in [0.1, 0.15) is 31.0 Å². The van der Waals surface area contributed by atoms with Gasteiger partial charge in [0.15, 0.2) is 0 Å². The summed E-state index contributed by atoms with van der Waals surface area (Å²) in [5.41, 5.74) is 2.67. The van der Waals surface area contributed by atoms with E-state index in [2.05, 4.69) is 31.8 Å². The average molecular weight is 455 g/mol. The molecule has 0 aliphatic carbocycles. The van der Waals surface area contributed by atoms with Crippen molar-refractivity contribution in [3.63, 3.8) is 0 Å². The Morgan fingerprint density at radius 3 is 2.34 bits per heavy atom. The van der Waals surface area contributed by atoms with Gasteiger partial charge >= 0.3 is 0 Å². The van der Waals surface area contributed by atoms with E-state index in [1.807, 2.05) is 67.3 Å². The summed E-state index contributed by atoms with van der Waals surface area (Å²) in [6.45, 7) is 8.58. The van der Waals surface area contributed by atoms with Gasteiger partial charge in [-0.25, -0.2) is 0 Å². The monoisotopic (exact) mass is 454 g/mol. The third kappa shape index (κ3) is 4.80. The smallest absolute Gasteiger partial charge is 0.244 e. The number of hydrogen-bond acceptors (Lipinski definition) is 4. The lowest BCUT2D eigenvalue weighted by atomic mass is 10.0. The number of benzene rings is 2. The molecule has 0 bridgehead atoms. The predicted molar refractivity (Wildman–Crippen MR) is 120 cm³/mol. The van der Waals surface area contributed by atoms with Crippen molar-refractivity contribution in [1.82, 2.24) is 9.80 Å². The van der Waals surface area contributed by atoms with Gasteiger partial charge in [-0.05, 0) is 37.6 Å². The third-order valence-corrected chi connectivity index (χ3v) is 6.02. The molecule has 1 saturated heterocycles. The van der Waals surface area contributed by atoms with Crippen LogP contribution in [0.4, 0.5) is 5.69 Å². The number of rotatable bonds is 6. The molecular weight excluding hydrogens is 428 g/mol. The summed E-state index contributed by atoms with van der Waals surface area (Å²) in [7, 11) is 0. The molecule has 1 unspecified atom stereocenters. The van der Waals surface area contributed by atoms with Crippen molar-refractivity contribution in [2.24, 2.45) is 0 Å². The van der Waals surface area contributed by atoms with Gasteiger partial charge in [0.25, 0.3) is 0 Å². The number of hydrogen-bond donors (Lipinski definition) is 0. The van der Waals surface area contributed by atoms with E-state index >= 15 is 0 Å². The Hall–Kier alpha value is -2.36. The zero-order chi connectivity index (χ0) is 20.8. The lowest BCUT2D eigenvalue weighted by molar-refractivity contribution is -0.137. The minimum atomic E-state index is -0.265. The van der Waals surface area contributed by atoms with Crippen LogP contribution in [0, 0.1) is 11.3 Å². The molecule has 1 amide bonds. The highest BCUT2D eigenvalue weighted by atomic mass is 79.9. The predicted octanol–water partition coefficient (Wildman–Crippen LogP) is 4.05. The Balaban J connectivity index is 1.80. The van der Waals surface area contributed by atoms with Gasteiger partial charge in [0.05, 0.1) is 11.3 Å². The fourth-order valence-electron chi connectivity index (χ4n) is 3.95. The fraction of sp³-hybridized carbons (Fsp3) is 0.391. The number of piperazine rings is 1. The Morgan fingerprint density at radius 2 is 1.76 bits per heavy atom. The first-order valence-electron chi connectivity index (χ1n) is 10.1. The second-order valence-electron chi connectivity index (χ2n) is 7.12. The molecule has 29 heavy (non-hydrogen) atoms. The van der Waals surface area contributed by atoms with Crippen LogP contribution in [0.2, 0.25) is 0 Å². The highest BCUT2D eigenvalue weighted by Crippen LogP contribution is 2.29. The van der Waals surface area contributed by atoms with E-state index in [9.17, 15) is 10.1 Å². The maximum atomic E-state index is 13.3. The molecule has 3 rings (SSSR count). The van der Waals surface area contributed by atoms with Gasteiger partial charge in [0.1, 0.15) is 12.1 Å². The first-order chi connectivity index (χ1) is 14.1. The van der Waals surface area contributed by atoms with Crippen LogP contribution >= 0.6 is 15.9 Å². The van der Waals surface area contributed by atoms with Crippen molar-refractivity contribution in [3.05, 3.63) is 64.1 Å². The second-order valence-corrected chi connectivity index (χ2v) is 8.04. The van der Waals surface area contributed by atoms with Crippen molar-refractivity contribution >= 4 is 27.5 Å². The van der Waals surface area contributed by atoms with Crippen molar-refractivity contribution < 1.29 is 4.79 Å². The minimum Gasteiger partial charge on any atom is -0.368 e. The van der Waals surface area contributed by atoms with Gasteiger partial charge in [-0.2, -0.15) is 5.26 Å². The van der Waals surface area contributed by atoms with E-state index in [0.29, 0.717) is 18.7 Å². The van der Waals surface area contributed by atoms with Crippen LogP contribution in [-0.2, 0) is 4.79 Å². The molecule has 1 fully saturated rings. The first-order valence-corrected chi connectivity index (χ1v) is 10.9. The van der Waals surface area contributed by atoms with Crippen LogP contribution in [-0.4, -0.2) is 55.0 Å². The van der Waals surface area contributed by atoms with Crippen molar-refractivity contribution in [3.8, 4) is 6.07 Å². The molecule has 0 aromatic heterocycles. The summed E-state index contributed by atoms with van der Waals surface area (Å²) in [5.74, 6) is 0.163. The number of halogens is 1. The number of likely N-dealkylation sites (N-methyl/N-ethyl adjacent to an activating group) is 1. The largest absolute Gasteiger partial charge is 0.368 e. The SMILES string of the molecule is CCN(CC)C(=O)C(c1ccccc1)N1CCN(c2ccc(Br)cc2C#N)CC1. The molecule has 0 radical (unpaired) electrons. The van der Waals surface area contributed by atoms with E-state index in [1.54, 1.807) is 0 Å². The highest BCUT2D eigenvalue weighted by molar-refractivity contribution is 9.10. The number of anilines is 1. The van der Waals surface area contributed by atoms with E-state index < -0.39 is 0 Å². The molecule has 1 atom stereocenters. The molecule has 0 saturated carbocycles. The molecule has 6 heteroatoms. The lowest BCUT2D eigenvalue weighted by Gasteiger charge is -2.41. The molecule has 2 aromatic rings. The van der Waals surface area contributed by atoms with Crippen LogP contribution in [0.5, 0.6) is 0 Å². The molecule has 2 aromatic carbocycles. The summed E-state index contributed by atoms with van der Waals surface area (Å²) in [4.78, 5) is 19.7. The highest BCUT2D eigenvalue weighted by Gasteiger charge is 2.32. The zero-order valence-electron chi connectivity index (χ0n) is 17.0. The maximum Gasteiger partial charge on any atom is 0.244 e. The van der Waals surface area contributed by atoms with Crippen molar-refractivity contribution in [2.75, 3.05) is 44.2 Å². The average Bonchev–Trinajstić information content (AvgIpc) is 2.76. The third-order valence-electron chi connectivity index (χ3n) is 5.52. The van der Waals surface area contributed by atoms with Gasteiger partial charge in [-0.1, -0.05) is 46.3 Å². The van der Waals surface area contributed by atoms with E-state index in [1.165, 1.54) is 0 Å². The van der Waals surface area contributed by atoms with Gasteiger partial charge in [0.2, 0.25) is 5.91 Å². The molecule has 0 N–H and O–H groups in total. The quantitative estimate of drug-likeness (QED) is 0.660. The summed E-state index contributed by atoms with van der Waals surface area (Å²) in [6.07, 6.45) is 0. The topological polar surface area (TPSA) is 50.6 Å². The molecule has 5 nitrogen and oxygen atoms in total.